The summed E-state index contributed by atoms with van der Waals surface area (Å²) in [6, 6.07) is 14.2. The Morgan fingerprint density at radius 2 is 0.800 bits per heavy atom. The van der Waals surface area contributed by atoms with E-state index in [9.17, 15) is 30.6 Å². The minimum Gasteiger partial charge on any atom is -0.381 e. The summed E-state index contributed by atoms with van der Waals surface area (Å²) in [5.74, 6) is -4.11. The fraction of sp³-hybridized carbons (Fsp3) is 0.562. The zero-order valence-electron chi connectivity index (χ0n) is 23.9. The molecule has 6 N–H and O–H groups in total. The second-order valence-electron chi connectivity index (χ2n) is 12.8. The Labute approximate surface area is 236 Å². The molecule has 6 atom stereocenters. The van der Waals surface area contributed by atoms with Crippen LogP contribution in [0.1, 0.15) is 63.9 Å². The molecule has 0 amide bonds. The van der Waals surface area contributed by atoms with E-state index >= 15 is 0 Å². The van der Waals surface area contributed by atoms with Gasteiger partial charge in [-0.05, 0) is 58.1 Å². The summed E-state index contributed by atoms with van der Waals surface area (Å²) in [6.07, 6.45) is -1.44. The number of likely N-dealkylation sites (tertiary alicyclic amines) is 2. The molecular weight excluding hydrogens is 508 g/mol. The monoisotopic (exact) mass is 552 g/mol. The quantitative estimate of drug-likeness (QED) is 0.203. The molecule has 8 nitrogen and oxygen atoms in total. The maximum absolute atomic E-state index is 11.7. The summed E-state index contributed by atoms with van der Waals surface area (Å²) in [4.78, 5) is 3.07. The lowest BCUT2D eigenvalue weighted by molar-refractivity contribution is -0.322. The van der Waals surface area contributed by atoms with E-state index in [0.29, 0.717) is 58.9 Å². The lowest BCUT2D eigenvalue weighted by Gasteiger charge is -2.45. The summed E-state index contributed by atoms with van der Waals surface area (Å²) in [5.41, 5.74) is 0.638. The number of nitrogens with zero attached hydrogens (tertiary/aromatic N) is 2. The summed E-state index contributed by atoms with van der Waals surface area (Å²) < 4.78 is 0. The summed E-state index contributed by atoms with van der Waals surface area (Å²) in [5, 5.41) is 71.2. The van der Waals surface area contributed by atoms with E-state index in [-0.39, 0.29) is 23.7 Å². The highest BCUT2D eigenvalue weighted by molar-refractivity contribution is 6.06. The van der Waals surface area contributed by atoms with Gasteiger partial charge >= 0.3 is 0 Å². The van der Waals surface area contributed by atoms with Crippen LogP contribution in [0.25, 0.3) is 21.5 Å². The van der Waals surface area contributed by atoms with Crippen molar-refractivity contribution in [1.29, 1.82) is 0 Å². The predicted molar refractivity (Wildman–Crippen MR) is 155 cm³/mol. The van der Waals surface area contributed by atoms with Gasteiger partial charge in [0.1, 0.15) is 12.2 Å². The maximum atomic E-state index is 11.7. The summed E-state index contributed by atoms with van der Waals surface area (Å²) >= 11 is 0. The number of piperidine rings is 2. The normalized spacial score (nSPS) is 27.2. The summed E-state index contributed by atoms with van der Waals surface area (Å²) in [6.45, 7) is 9.99. The van der Waals surface area contributed by atoms with Gasteiger partial charge in [0.05, 0.1) is 0 Å². The first-order valence-corrected chi connectivity index (χ1v) is 14.5. The highest BCUT2D eigenvalue weighted by atomic mass is 16.6. The molecule has 2 fully saturated rings. The van der Waals surface area contributed by atoms with Crippen molar-refractivity contribution in [2.45, 2.75) is 64.6 Å². The molecule has 0 bridgehead atoms. The number of benzene rings is 3. The Balaban J connectivity index is 1.66. The van der Waals surface area contributed by atoms with Gasteiger partial charge in [0.2, 0.25) is 0 Å². The van der Waals surface area contributed by atoms with Crippen molar-refractivity contribution in [3.8, 4) is 0 Å². The van der Waals surface area contributed by atoms with Crippen LogP contribution < -0.4 is 0 Å². The predicted octanol–water partition coefficient (Wildman–Crippen LogP) is 3.29. The van der Waals surface area contributed by atoms with Crippen molar-refractivity contribution >= 4 is 21.5 Å². The van der Waals surface area contributed by atoms with Crippen LogP contribution in [0.3, 0.4) is 0 Å². The average molecular weight is 553 g/mol. The van der Waals surface area contributed by atoms with Crippen molar-refractivity contribution in [3.63, 3.8) is 0 Å². The van der Waals surface area contributed by atoms with E-state index < -0.39 is 24.0 Å². The smallest absolute Gasteiger partial charge is 0.256 e. The number of aliphatic hydroxyl groups is 6. The number of hydrogen-bond donors (Lipinski definition) is 6. The van der Waals surface area contributed by atoms with Gasteiger partial charge in [0.15, 0.2) is 0 Å². The minimum atomic E-state index is -2.54. The minimum absolute atomic E-state index is 0.239. The topological polar surface area (TPSA) is 128 Å². The molecule has 2 saturated heterocycles. The van der Waals surface area contributed by atoms with Gasteiger partial charge in [-0.25, -0.2) is 9.80 Å². The van der Waals surface area contributed by atoms with E-state index in [2.05, 4.69) is 27.7 Å². The number of rotatable bonds is 6. The van der Waals surface area contributed by atoms with Crippen LogP contribution in [-0.2, 0) is 0 Å². The standard InChI is InChI=1S/C32H44N2O6/c1-19-13-20(2)16-33(15-19)31(37,38)29(35)27-23-9-5-7-11-25(23)28(26-12-8-6-10-24(26)27)30(36)32(39,40)34-17-21(3)14-22(4)18-34/h5-12,19-22,29-30,35-40H,13-18H2,1-4H3. The molecule has 2 heterocycles. The van der Waals surface area contributed by atoms with Gasteiger partial charge in [-0.15, -0.1) is 0 Å². The molecule has 5 rings (SSSR count). The van der Waals surface area contributed by atoms with Crippen LogP contribution in [0, 0.1) is 23.7 Å². The SMILES string of the molecule is CC1CC(C)CN(C(O)(O)C(O)c2c3ccccc3c(C(O)C(O)(O)N3CC(C)CC(C)C3)c3ccccc23)C1. The number of fused-ring (bicyclic) bond motifs is 2. The molecule has 3 aromatic carbocycles. The van der Waals surface area contributed by atoms with Crippen LogP contribution in [0.4, 0.5) is 0 Å². The Morgan fingerprint density at radius 1 is 0.550 bits per heavy atom. The third-order valence-corrected chi connectivity index (χ3v) is 8.96. The Hall–Kier alpha value is -2.14. The molecule has 0 radical (unpaired) electrons. The van der Waals surface area contributed by atoms with Gasteiger partial charge < -0.3 is 30.6 Å². The molecule has 0 aliphatic carbocycles. The van der Waals surface area contributed by atoms with Gasteiger partial charge in [-0.2, -0.15) is 0 Å². The Kier molecular flexibility index (Phi) is 8.02. The maximum Gasteiger partial charge on any atom is 0.256 e. The van der Waals surface area contributed by atoms with Crippen molar-refractivity contribution in [2.75, 3.05) is 26.2 Å². The van der Waals surface area contributed by atoms with E-state index in [4.69, 9.17) is 0 Å². The molecule has 8 heteroatoms. The molecule has 218 valence electrons. The van der Waals surface area contributed by atoms with Gasteiger partial charge in [0.25, 0.3) is 11.8 Å². The molecule has 2 aliphatic rings. The first kappa shape index (κ1) is 29.4. The highest BCUT2D eigenvalue weighted by Crippen LogP contribution is 2.45. The second-order valence-corrected chi connectivity index (χ2v) is 12.8. The average Bonchev–Trinajstić information content (AvgIpc) is 2.89. The van der Waals surface area contributed by atoms with Crippen LogP contribution in [0.15, 0.2) is 48.5 Å². The largest absolute Gasteiger partial charge is 0.381 e. The van der Waals surface area contributed by atoms with Gasteiger partial charge in [-0.1, -0.05) is 76.2 Å². The molecule has 0 aromatic heterocycles. The Bertz CT molecular complexity index is 1180. The fourth-order valence-electron chi connectivity index (χ4n) is 7.38. The van der Waals surface area contributed by atoms with Crippen molar-refractivity contribution < 1.29 is 30.6 Å². The first-order chi connectivity index (χ1) is 18.8. The van der Waals surface area contributed by atoms with E-state index in [1.165, 1.54) is 9.80 Å². The van der Waals surface area contributed by atoms with Gasteiger partial charge in [0, 0.05) is 37.3 Å². The highest BCUT2D eigenvalue weighted by Gasteiger charge is 2.47. The molecule has 6 unspecified atom stereocenters. The van der Waals surface area contributed by atoms with Crippen molar-refractivity contribution in [1.82, 2.24) is 9.80 Å². The third-order valence-electron chi connectivity index (χ3n) is 8.96. The molecule has 40 heavy (non-hydrogen) atoms. The zero-order chi connectivity index (χ0) is 29.0. The lowest BCUT2D eigenvalue weighted by Crippen LogP contribution is -2.58. The molecule has 0 saturated carbocycles. The van der Waals surface area contributed by atoms with Crippen LogP contribution in [0.5, 0.6) is 0 Å². The van der Waals surface area contributed by atoms with E-state index in [1.54, 1.807) is 48.5 Å². The lowest BCUT2D eigenvalue weighted by atomic mass is 9.84. The second kappa shape index (κ2) is 10.9. The van der Waals surface area contributed by atoms with Crippen LogP contribution in [-0.4, -0.2) is 78.4 Å². The van der Waals surface area contributed by atoms with Crippen LogP contribution >= 0.6 is 0 Å². The number of aliphatic hydroxyl groups excluding tert-OH is 2. The zero-order valence-corrected chi connectivity index (χ0v) is 23.9. The van der Waals surface area contributed by atoms with Crippen molar-refractivity contribution in [3.05, 3.63) is 59.7 Å². The Morgan fingerprint density at radius 3 is 1.05 bits per heavy atom. The molecule has 3 aromatic rings. The number of hydrogen-bond acceptors (Lipinski definition) is 8. The third kappa shape index (κ3) is 5.16. The first-order valence-electron chi connectivity index (χ1n) is 14.5. The van der Waals surface area contributed by atoms with Crippen molar-refractivity contribution in [2.24, 2.45) is 23.7 Å². The molecule has 0 spiro atoms. The van der Waals surface area contributed by atoms with E-state index in [1.807, 2.05) is 0 Å². The summed E-state index contributed by atoms with van der Waals surface area (Å²) in [7, 11) is 0. The van der Waals surface area contributed by atoms with E-state index in [0.717, 1.165) is 12.8 Å². The molecule has 2 aliphatic heterocycles. The fourth-order valence-corrected chi connectivity index (χ4v) is 7.38. The molecular formula is C32H44N2O6. The van der Waals surface area contributed by atoms with Crippen LogP contribution in [0.2, 0.25) is 0 Å². The van der Waals surface area contributed by atoms with Gasteiger partial charge in [-0.3, -0.25) is 0 Å².